The minimum Gasteiger partial charge on any atom is -0.468 e. The highest BCUT2D eigenvalue weighted by molar-refractivity contribution is 5.71. The number of carbonyl (C=O) groups is 1. The zero-order chi connectivity index (χ0) is 17.2. The predicted octanol–water partition coefficient (Wildman–Crippen LogP) is 4.30. The Morgan fingerprint density at radius 1 is 0.958 bits per heavy atom. The molecule has 4 nitrogen and oxygen atoms in total. The molecule has 0 radical (unpaired) electrons. The van der Waals surface area contributed by atoms with E-state index in [2.05, 4.69) is 12.1 Å². The quantitative estimate of drug-likeness (QED) is 0.391. The van der Waals surface area contributed by atoms with E-state index in [9.17, 15) is 4.79 Å². The summed E-state index contributed by atoms with van der Waals surface area (Å²) in [5.74, 6) is 0.495. The third-order valence-electron chi connectivity index (χ3n) is 3.76. The second kappa shape index (κ2) is 9.73. The van der Waals surface area contributed by atoms with Crippen molar-refractivity contribution in [3.63, 3.8) is 0 Å². The summed E-state index contributed by atoms with van der Waals surface area (Å²) in [4.78, 5) is 11.5. The average molecular weight is 328 g/mol. The van der Waals surface area contributed by atoms with E-state index in [4.69, 9.17) is 14.2 Å². The van der Waals surface area contributed by atoms with Crippen LogP contribution in [0.3, 0.4) is 0 Å². The van der Waals surface area contributed by atoms with Gasteiger partial charge >= 0.3 is 5.97 Å². The van der Waals surface area contributed by atoms with Gasteiger partial charge in [-0.15, -0.1) is 0 Å². The van der Waals surface area contributed by atoms with Gasteiger partial charge in [0.05, 0.1) is 12.5 Å². The Kier molecular flexibility index (Phi) is 7.30. The Labute approximate surface area is 143 Å². The fraction of sp³-hybridized carbons (Fsp3) is 0.350. The fourth-order valence-electron chi connectivity index (χ4n) is 2.05. The number of hydrogen-bond acceptors (Lipinski definition) is 4. The monoisotopic (exact) mass is 328 g/mol. The standard InChI is InChI=1S/C20H24O4/c1-3-16(2)20(21)23-14-13-22-15-24-19-11-9-18(10-12-19)17-7-5-4-6-8-17/h4-12,16H,3,13-15H2,1-2H3. The summed E-state index contributed by atoms with van der Waals surface area (Å²) < 4.78 is 15.9. The maximum Gasteiger partial charge on any atom is 0.308 e. The number of rotatable bonds is 9. The molecule has 1 atom stereocenters. The fourth-order valence-corrected chi connectivity index (χ4v) is 2.05. The lowest BCUT2D eigenvalue weighted by atomic mass is 10.1. The summed E-state index contributed by atoms with van der Waals surface area (Å²) in [6, 6.07) is 18.0. The highest BCUT2D eigenvalue weighted by Gasteiger charge is 2.11. The molecule has 0 saturated heterocycles. The van der Waals surface area contributed by atoms with Crippen molar-refractivity contribution in [2.75, 3.05) is 20.0 Å². The summed E-state index contributed by atoms with van der Waals surface area (Å²) >= 11 is 0. The molecule has 2 aromatic carbocycles. The molecule has 24 heavy (non-hydrogen) atoms. The highest BCUT2D eigenvalue weighted by Crippen LogP contribution is 2.21. The van der Waals surface area contributed by atoms with Crippen LogP contribution in [0.2, 0.25) is 0 Å². The van der Waals surface area contributed by atoms with Gasteiger partial charge in [0, 0.05) is 0 Å². The van der Waals surface area contributed by atoms with Crippen molar-refractivity contribution in [1.29, 1.82) is 0 Å². The molecule has 0 bridgehead atoms. The normalized spacial score (nSPS) is 11.8. The molecule has 0 aromatic heterocycles. The zero-order valence-electron chi connectivity index (χ0n) is 14.2. The molecule has 1 unspecified atom stereocenters. The summed E-state index contributed by atoms with van der Waals surface area (Å²) in [5.41, 5.74) is 2.31. The maximum atomic E-state index is 11.5. The van der Waals surface area contributed by atoms with Crippen LogP contribution < -0.4 is 4.74 Å². The molecule has 0 saturated carbocycles. The number of benzene rings is 2. The smallest absolute Gasteiger partial charge is 0.308 e. The van der Waals surface area contributed by atoms with Crippen molar-refractivity contribution < 1.29 is 19.0 Å². The Balaban J connectivity index is 1.65. The van der Waals surface area contributed by atoms with E-state index in [0.29, 0.717) is 6.61 Å². The van der Waals surface area contributed by atoms with Crippen LogP contribution in [0.5, 0.6) is 5.75 Å². The Morgan fingerprint density at radius 2 is 1.62 bits per heavy atom. The molecule has 2 rings (SSSR count). The van der Waals surface area contributed by atoms with E-state index < -0.39 is 0 Å². The lowest BCUT2D eigenvalue weighted by molar-refractivity contribution is -0.150. The van der Waals surface area contributed by atoms with Gasteiger partial charge in [-0.2, -0.15) is 0 Å². The van der Waals surface area contributed by atoms with Gasteiger partial charge in [0.1, 0.15) is 12.4 Å². The Bertz CT molecular complexity index is 607. The molecule has 0 fully saturated rings. The first-order chi connectivity index (χ1) is 11.7. The first kappa shape index (κ1) is 18.0. The molecule has 0 amide bonds. The predicted molar refractivity (Wildman–Crippen MR) is 93.7 cm³/mol. The number of carbonyl (C=O) groups excluding carboxylic acids is 1. The topological polar surface area (TPSA) is 44.8 Å². The summed E-state index contributed by atoms with van der Waals surface area (Å²) in [5, 5.41) is 0. The second-order valence-electron chi connectivity index (χ2n) is 5.54. The molecule has 4 heteroatoms. The third kappa shape index (κ3) is 5.70. The molecular weight excluding hydrogens is 304 g/mol. The number of esters is 1. The number of ether oxygens (including phenoxy) is 3. The van der Waals surface area contributed by atoms with E-state index in [1.807, 2.05) is 56.3 Å². The molecule has 0 aliphatic heterocycles. The van der Waals surface area contributed by atoms with Crippen LogP contribution in [-0.4, -0.2) is 26.0 Å². The number of hydrogen-bond donors (Lipinski definition) is 0. The summed E-state index contributed by atoms with van der Waals surface area (Å²) in [6.45, 7) is 4.51. The van der Waals surface area contributed by atoms with Gasteiger partial charge in [0.2, 0.25) is 0 Å². The molecule has 0 spiro atoms. The van der Waals surface area contributed by atoms with Crippen molar-refractivity contribution >= 4 is 5.97 Å². The molecule has 0 aliphatic carbocycles. The van der Waals surface area contributed by atoms with E-state index >= 15 is 0 Å². The van der Waals surface area contributed by atoms with Crippen LogP contribution in [0.1, 0.15) is 20.3 Å². The third-order valence-corrected chi connectivity index (χ3v) is 3.76. The van der Waals surface area contributed by atoms with Gasteiger partial charge in [0.25, 0.3) is 0 Å². The first-order valence-corrected chi connectivity index (χ1v) is 8.23. The molecule has 0 heterocycles. The Hall–Kier alpha value is -2.33. The summed E-state index contributed by atoms with van der Waals surface area (Å²) in [6.07, 6.45) is 0.780. The van der Waals surface area contributed by atoms with Crippen LogP contribution in [0.15, 0.2) is 54.6 Å². The average Bonchev–Trinajstić information content (AvgIpc) is 2.64. The van der Waals surface area contributed by atoms with Crippen LogP contribution in [0.25, 0.3) is 11.1 Å². The van der Waals surface area contributed by atoms with Crippen molar-refractivity contribution in [2.45, 2.75) is 20.3 Å². The summed E-state index contributed by atoms with van der Waals surface area (Å²) in [7, 11) is 0. The van der Waals surface area contributed by atoms with Crippen LogP contribution in [0.4, 0.5) is 0 Å². The van der Waals surface area contributed by atoms with Crippen molar-refractivity contribution in [1.82, 2.24) is 0 Å². The van der Waals surface area contributed by atoms with Crippen molar-refractivity contribution in [3.05, 3.63) is 54.6 Å². The second-order valence-corrected chi connectivity index (χ2v) is 5.54. The van der Waals surface area contributed by atoms with Gasteiger partial charge < -0.3 is 14.2 Å². The lowest BCUT2D eigenvalue weighted by Crippen LogP contribution is -2.17. The van der Waals surface area contributed by atoms with Gasteiger partial charge in [0.15, 0.2) is 6.79 Å². The lowest BCUT2D eigenvalue weighted by Gasteiger charge is -2.10. The van der Waals surface area contributed by atoms with E-state index in [1.165, 1.54) is 5.56 Å². The van der Waals surface area contributed by atoms with Gasteiger partial charge in [-0.3, -0.25) is 4.79 Å². The first-order valence-electron chi connectivity index (χ1n) is 8.23. The van der Waals surface area contributed by atoms with E-state index in [0.717, 1.165) is 17.7 Å². The van der Waals surface area contributed by atoms with Crippen molar-refractivity contribution in [2.24, 2.45) is 5.92 Å². The van der Waals surface area contributed by atoms with Crippen molar-refractivity contribution in [3.8, 4) is 16.9 Å². The zero-order valence-corrected chi connectivity index (χ0v) is 14.2. The Morgan fingerprint density at radius 3 is 2.29 bits per heavy atom. The minimum absolute atomic E-state index is 0.0654. The van der Waals surface area contributed by atoms with Gasteiger partial charge in [-0.05, 0) is 29.7 Å². The highest BCUT2D eigenvalue weighted by atomic mass is 16.7. The molecule has 0 N–H and O–H groups in total. The van der Waals surface area contributed by atoms with E-state index in [-0.39, 0.29) is 25.3 Å². The van der Waals surface area contributed by atoms with Gasteiger partial charge in [-0.25, -0.2) is 0 Å². The maximum absolute atomic E-state index is 11.5. The van der Waals surface area contributed by atoms with Crippen LogP contribution in [0, 0.1) is 5.92 Å². The molecular formula is C20H24O4. The van der Waals surface area contributed by atoms with Gasteiger partial charge in [-0.1, -0.05) is 56.3 Å². The largest absolute Gasteiger partial charge is 0.468 e. The van der Waals surface area contributed by atoms with E-state index in [1.54, 1.807) is 0 Å². The minimum atomic E-state index is -0.182. The van der Waals surface area contributed by atoms with Crippen LogP contribution >= 0.6 is 0 Å². The SMILES string of the molecule is CCC(C)C(=O)OCCOCOc1ccc(-c2ccccc2)cc1. The molecule has 0 aliphatic rings. The molecule has 128 valence electrons. The molecule has 2 aromatic rings. The van der Waals surface area contributed by atoms with Crippen LogP contribution in [-0.2, 0) is 14.3 Å².